The van der Waals surface area contributed by atoms with Crippen LogP contribution in [0.15, 0.2) is 29.6 Å². The highest BCUT2D eigenvalue weighted by Crippen LogP contribution is 2.25. The summed E-state index contributed by atoms with van der Waals surface area (Å²) in [5, 5.41) is 13.6. The number of hydrogen-bond acceptors (Lipinski definition) is 5. The number of phenolic OH excluding ortho intramolecular Hbond substituents is 1. The molecule has 0 saturated carbocycles. The van der Waals surface area contributed by atoms with Gasteiger partial charge in [0.25, 0.3) is 5.91 Å². The molecule has 0 aliphatic rings. The minimum Gasteiger partial charge on any atom is -0.507 e. The molecular formula is C13H10FNO4S. The Labute approximate surface area is 117 Å². The van der Waals surface area contributed by atoms with Crippen LogP contribution in [0.5, 0.6) is 5.75 Å². The number of carbonyl (C=O) groups is 2. The maximum absolute atomic E-state index is 12.9. The third-order valence-electron chi connectivity index (χ3n) is 2.49. The van der Waals surface area contributed by atoms with Gasteiger partial charge >= 0.3 is 5.97 Å². The lowest BCUT2D eigenvalue weighted by Gasteiger charge is -2.07. The summed E-state index contributed by atoms with van der Waals surface area (Å²) in [6, 6.07) is 4.59. The first kappa shape index (κ1) is 14.0. The molecule has 0 fully saturated rings. The molecule has 20 heavy (non-hydrogen) atoms. The summed E-state index contributed by atoms with van der Waals surface area (Å²) in [4.78, 5) is 23.7. The van der Waals surface area contributed by atoms with E-state index in [0.29, 0.717) is 0 Å². The number of carbonyl (C=O) groups excluding carboxylic acids is 2. The largest absolute Gasteiger partial charge is 0.507 e. The molecule has 0 atom stereocenters. The summed E-state index contributed by atoms with van der Waals surface area (Å²) in [6.07, 6.45) is 0. The van der Waals surface area contributed by atoms with E-state index in [1.165, 1.54) is 13.2 Å². The van der Waals surface area contributed by atoms with Crippen molar-refractivity contribution in [3.8, 4) is 5.75 Å². The number of nitrogens with one attached hydrogen (secondary N) is 1. The number of ether oxygens (including phenoxy) is 1. The van der Waals surface area contributed by atoms with E-state index >= 15 is 0 Å². The molecule has 2 aromatic rings. The number of methoxy groups -OCH3 is 1. The molecule has 1 amide bonds. The summed E-state index contributed by atoms with van der Waals surface area (Å²) < 4.78 is 17.4. The Kier molecular flexibility index (Phi) is 3.99. The fourth-order valence-corrected chi connectivity index (χ4v) is 2.31. The first-order chi connectivity index (χ1) is 9.52. The maximum atomic E-state index is 12.9. The Hall–Kier alpha value is -2.41. The number of phenols is 1. The van der Waals surface area contributed by atoms with Crippen molar-refractivity contribution in [1.82, 2.24) is 0 Å². The molecule has 7 heteroatoms. The van der Waals surface area contributed by atoms with Gasteiger partial charge in [-0.05, 0) is 23.6 Å². The monoisotopic (exact) mass is 295 g/mol. The molecule has 104 valence electrons. The maximum Gasteiger partial charge on any atom is 0.350 e. The van der Waals surface area contributed by atoms with Gasteiger partial charge in [-0.1, -0.05) is 0 Å². The van der Waals surface area contributed by atoms with Crippen LogP contribution in [0.1, 0.15) is 20.0 Å². The molecule has 5 nitrogen and oxygen atoms in total. The third-order valence-corrected chi connectivity index (χ3v) is 3.38. The van der Waals surface area contributed by atoms with E-state index in [2.05, 4.69) is 10.1 Å². The van der Waals surface area contributed by atoms with Gasteiger partial charge in [-0.3, -0.25) is 4.79 Å². The van der Waals surface area contributed by atoms with Gasteiger partial charge in [0.2, 0.25) is 0 Å². The Morgan fingerprint density at radius 2 is 2.10 bits per heavy atom. The molecule has 0 bridgehead atoms. The lowest BCUT2D eigenvalue weighted by Crippen LogP contribution is -2.14. The van der Waals surface area contributed by atoms with Crippen LogP contribution >= 0.6 is 11.3 Å². The van der Waals surface area contributed by atoms with Crippen molar-refractivity contribution in [2.75, 3.05) is 12.4 Å². The number of esters is 1. The van der Waals surface area contributed by atoms with Gasteiger partial charge in [-0.25, -0.2) is 9.18 Å². The molecule has 0 aliphatic carbocycles. The molecule has 1 heterocycles. The standard InChI is InChI=1S/C13H10FNO4S/c1-19-13(18)11-9(4-5-20-11)15-12(17)8-3-2-7(14)6-10(8)16/h2-6,16H,1H3,(H,15,17). The first-order valence-electron chi connectivity index (χ1n) is 5.48. The second kappa shape index (κ2) is 5.70. The van der Waals surface area contributed by atoms with E-state index in [-0.39, 0.29) is 16.1 Å². The van der Waals surface area contributed by atoms with Crippen molar-refractivity contribution >= 4 is 28.9 Å². The zero-order chi connectivity index (χ0) is 14.7. The Morgan fingerprint density at radius 1 is 1.35 bits per heavy atom. The van der Waals surface area contributed by atoms with E-state index < -0.39 is 23.4 Å². The molecule has 1 aromatic carbocycles. The number of anilines is 1. The van der Waals surface area contributed by atoms with Crippen LogP contribution in [0, 0.1) is 5.82 Å². The van der Waals surface area contributed by atoms with Crippen LogP contribution < -0.4 is 5.32 Å². The van der Waals surface area contributed by atoms with Gasteiger partial charge in [0, 0.05) is 6.07 Å². The quantitative estimate of drug-likeness (QED) is 0.854. The topological polar surface area (TPSA) is 75.6 Å². The summed E-state index contributed by atoms with van der Waals surface area (Å²) in [7, 11) is 1.24. The Balaban J connectivity index is 2.24. The number of aromatic hydroxyl groups is 1. The minimum atomic E-state index is -0.648. The predicted molar refractivity (Wildman–Crippen MR) is 71.7 cm³/mol. The molecule has 0 radical (unpaired) electrons. The van der Waals surface area contributed by atoms with Crippen LogP contribution in [0.3, 0.4) is 0 Å². The fraction of sp³-hybridized carbons (Fsp3) is 0.0769. The van der Waals surface area contributed by atoms with Crippen molar-refractivity contribution < 1.29 is 23.8 Å². The highest BCUT2D eigenvalue weighted by molar-refractivity contribution is 7.12. The van der Waals surface area contributed by atoms with Crippen molar-refractivity contribution in [3.05, 3.63) is 45.9 Å². The fourth-order valence-electron chi connectivity index (χ4n) is 1.54. The highest BCUT2D eigenvalue weighted by Gasteiger charge is 2.18. The molecule has 0 saturated heterocycles. The lowest BCUT2D eigenvalue weighted by atomic mass is 10.2. The molecule has 1 aromatic heterocycles. The Morgan fingerprint density at radius 3 is 2.75 bits per heavy atom. The van der Waals surface area contributed by atoms with E-state index in [9.17, 15) is 19.1 Å². The number of rotatable bonds is 3. The van der Waals surface area contributed by atoms with Crippen LogP contribution in [0.4, 0.5) is 10.1 Å². The first-order valence-corrected chi connectivity index (χ1v) is 6.36. The lowest BCUT2D eigenvalue weighted by molar-refractivity contribution is 0.0607. The number of hydrogen-bond donors (Lipinski definition) is 2. The van der Waals surface area contributed by atoms with E-state index in [0.717, 1.165) is 29.5 Å². The second-order valence-electron chi connectivity index (χ2n) is 3.77. The summed E-state index contributed by atoms with van der Waals surface area (Å²) in [5.41, 5.74) is 0.184. The zero-order valence-corrected chi connectivity index (χ0v) is 11.2. The van der Waals surface area contributed by atoms with Gasteiger partial charge in [-0.15, -0.1) is 11.3 Å². The van der Waals surface area contributed by atoms with Gasteiger partial charge in [0.05, 0.1) is 18.4 Å². The molecule has 2 rings (SSSR count). The molecule has 0 spiro atoms. The second-order valence-corrected chi connectivity index (χ2v) is 4.69. The van der Waals surface area contributed by atoms with Gasteiger partial charge in [0.1, 0.15) is 16.4 Å². The van der Waals surface area contributed by atoms with Crippen LogP contribution in [0.2, 0.25) is 0 Å². The summed E-state index contributed by atoms with van der Waals surface area (Å²) in [5.74, 6) is -2.34. The number of benzene rings is 1. The third kappa shape index (κ3) is 2.77. The van der Waals surface area contributed by atoms with Gasteiger partial charge in [-0.2, -0.15) is 0 Å². The highest BCUT2D eigenvalue weighted by atomic mass is 32.1. The van der Waals surface area contributed by atoms with E-state index in [4.69, 9.17) is 0 Å². The van der Waals surface area contributed by atoms with Crippen LogP contribution in [-0.4, -0.2) is 24.1 Å². The summed E-state index contributed by atoms with van der Waals surface area (Å²) >= 11 is 1.11. The molecule has 2 N–H and O–H groups in total. The van der Waals surface area contributed by atoms with Gasteiger partial charge in [0.15, 0.2) is 0 Å². The van der Waals surface area contributed by atoms with Crippen molar-refractivity contribution in [2.45, 2.75) is 0 Å². The predicted octanol–water partition coefficient (Wildman–Crippen LogP) is 2.63. The number of thiophene rings is 1. The van der Waals surface area contributed by atoms with E-state index in [1.54, 1.807) is 5.38 Å². The smallest absolute Gasteiger partial charge is 0.350 e. The van der Waals surface area contributed by atoms with Crippen LogP contribution in [-0.2, 0) is 4.74 Å². The minimum absolute atomic E-state index is 0.0894. The van der Waals surface area contributed by atoms with Crippen molar-refractivity contribution in [1.29, 1.82) is 0 Å². The molecule has 0 unspecified atom stereocenters. The molecule has 0 aliphatic heterocycles. The number of amides is 1. The number of halogens is 1. The van der Waals surface area contributed by atoms with Crippen molar-refractivity contribution in [3.63, 3.8) is 0 Å². The van der Waals surface area contributed by atoms with Crippen LogP contribution in [0.25, 0.3) is 0 Å². The SMILES string of the molecule is COC(=O)c1sccc1NC(=O)c1ccc(F)cc1O. The van der Waals surface area contributed by atoms with Gasteiger partial charge < -0.3 is 15.2 Å². The van der Waals surface area contributed by atoms with E-state index in [1.807, 2.05) is 0 Å². The summed E-state index contributed by atoms with van der Waals surface area (Å²) in [6.45, 7) is 0. The average molecular weight is 295 g/mol. The zero-order valence-electron chi connectivity index (χ0n) is 10.3. The average Bonchev–Trinajstić information content (AvgIpc) is 2.85. The van der Waals surface area contributed by atoms with Crippen molar-refractivity contribution in [2.24, 2.45) is 0 Å². The Bertz CT molecular complexity index is 668. The normalized spacial score (nSPS) is 10.1. The molecular weight excluding hydrogens is 285 g/mol.